The van der Waals surface area contributed by atoms with E-state index < -0.39 is 20.0 Å². The summed E-state index contributed by atoms with van der Waals surface area (Å²) in [6.45, 7) is 4.29. The predicted molar refractivity (Wildman–Crippen MR) is 68.6 cm³/mol. The number of hydrogen-bond donors (Lipinski definition) is 0. The van der Waals surface area contributed by atoms with Gasteiger partial charge in [-0.2, -0.15) is 0 Å². The molecule has 1 aromatic carbocycles. The molecule has 0 radical (unpaired) electrons. The van der Waals surface area contributed by atoms with Crippen molar-refractivity contribution < 1.29 is 13.2 Å². The number of aryl methyl sites for hydroxylation is 1. The molecule has 0 spiro atoms. The van der Waals surface area contributed by atoms with Crippen molar-refractivity contribution in [1.82, 2.24) is 0 Å². The number of halogens is 2. The second-order valence-electron chi connectivity index (χ2n) is 4.34. The van der Waals surface area contributed by atoms with E-state index in [1.54, 1.807) is 13.2 Å². The molecule has 0 N–H and O–H groups in total. The molecule has 0 bridgehead atoms. The molecular weight excluding hydrogens is 238 g/mol. The van der Waals surface area contributed by atoms with Crippen LogP contribution >= 0.6 is 0 Å². The number of hydrogen-bond acceptors (Lipinski definition) is 1. The van der Waals surface area contributed by atoms with Crippen molar-refractivity contribution >= 4 is 8.32 Å². The largest absolute Gasteiger partial charge is 0.420 e. The first-order valence-electron chi connectivity index (χ1n) is 6.06. The summed E-state index contributed by atoms with van der Waals surface area (Å²) in [6, 6.07) is 7.21. The van der Waals surface area contributed by atoms with Gasteiger partial charge >= 0.3 is 0 Å². The Balaban J connectivity index is 2.68. The van der Waals surface area contributed by atoms with Gasteiger partial charge in [-0.25, -0.2) is 8.78 Å². The molecule has 0 saturated carbocycles. The highest BCUT2D eigenvalue weighted by Crippen LogP contribution is 2.23. The molecule has 0 fully saturated rings. The van der Waals surface area contributed by atoms with Crippen molar-refractivity contribution in [3.63, 3.8) is 0 Å². The van der Waals surface area contributed by atoms with Crippen LogP contribution in [-0.4, -0.2) is 15.4 Å². The topological polar surface area (TPSA) is 9.23 Å². The average molecular weight is 258 g/mol. The molecule has 0 amide bonds. The molecule has 96 valence electrons. The summed E-state index contributed by atoms with van der Waals surface area (Å²) in [7, 11) is 0.121. The van der Waals surface area contributed by atoms with Gasteiger partial charge in [0, 0.05) is 7.11 Å². The van der Waals surface area contributed by atoms with E-state index in [1.807, 2.05) is 0 Å². The maximum absolute atomic E-state index is 13.0. The summed E-state index contributed by atoms with van der Waals surface area (Å²) >= 11 is 0. The van der Waals surface area contributed by atoms with Gasteiger partial charge in [0.1, 0.15) is 0 Å². The fourth-order valence-electron chi connectivity index (χ4n) is 2.06. The zero-order valence-electron chi connectivity index (χ0n) is 10.7. The molecule has 0 atom stereocenters. The Morgan fingerprint density at radius 2 is 1.76 bits per heavy atom. The summed E-state index contributed by atoms with van der Waals surface area (Å²) in [6.07, 6.45) is 0.763. The molecule has 1 rings (SSSR count). The maximum atomic E-state index is 13.0. The van der Waals surface area contributed by atoms with Crippen LogP contribution in [-0.2, 0) is 10.8 Å². The van der Waals surface area contributed by atoms with Gasteiger partial charge in [-0.05, 0) is 42.2 Å². The van der Waals surface area contributed by atoms with Gasteiger partial charge in [-0.3, -0.25) is 0 Å². The Labute approximate surface area is 103 Å². The van der Waals surface area contributed by atoms with Crippen molar-refractivity contribution in [2.75, 3.05) is 7.11 Å². The summed E-state index contributed by atoms with van der Waals surface area (Å²) in [5, 5.41) is 0. The van der Waals surface area contributed by atoms with E-state index in [2.05, 4.69) is 13.8 Å². The first-order chi connectivity index (χ1) is 8.06. The fourth-order valence-corrected chi connectivity index (χ4v) is 4.79. The van der Waals surface area contributed by atoms with E-state index in [9.17, 15) is 8.78 Å². The third-order valence-electron chi connectivity index (χ3n) is 3.57. The number of rotatable bonds is 6. The third kappa shape index (κ3) is 3.61. The maximum Gasteiger partial charge on any atom is 0.192 e. The first kappa shape index (κ1) is 14.3. The van der Waals surface area contributed by atoms with Crippen molar-refractivity contribution in [1.29, 1.82) is 0 Å². The highest BCUT2D eigenvalue weighted by molar-refractivity contribution is 6.73. The van der Waals surface area contributed by atoms with Crippen molar-refractivity contribution in [2.24, 2.45) is 0 Å². The Hall–Kier alpha value is -0.743. The summed E-state index contributed by atoms with van der Waals surface area (Å²) in [5.74, 6) is -1.55. The molecule has 1 nitrogen and oxygen atoms in total. The van der Waals surface area contributed by atoms with E-state index in [0.29, 0.717) is 0 Å². The highest BCUT2D eigenvalue weighted by Gasteiger charge is 2.29. The lowest BCUT2D eigenvalue weighted by Gasteiger charge is -2.27. The lowest BCUT2D eigenvalue weighted by molar-refractivity contribution is 0.391. The van der Waals surface area contributed by atoms with E-state index in [1.165, 1.54) is 12.1 Å². The minimum atomic E-state index is -1.65. The molecule has 0 heterocycles. The zero-order valence-corrected chi connectivity index (χ0v) is 11.7. The Kier molecular flexibility index (Phi) is 5.27. The SMILES string of the molecule is CC[Si](CC)(CCc1ccc(F)c(F)c1)OC. The minimum absolute atomic E-state index is 0.763. The highest BCUT2D eigenvalue weighted by atomic mass is 28.4. The molecule has 1 aromatic rings. The van der Waals surface area contributed by atoms with Crippen LogP contribution in [0.15, 0.2) is 18.2 Å². The van der Waals surface area contributed by atoms with Crippen LogP contribution in [0.2, 0.25) is 18.1 Å². The molecule has 0 aromatic heterocycles. The molecule has 0 aliphatic heterocycles. The predicted octanol–water partition coefficient (Wildman–Crippen LogP) is 4.14. The average Bonchev–Trinajstić information content (AvgIpc) is 2.36. The monoisotopic (exact) mass is 258 g/mol. The van der Waals surface area contributed by atoms with Gasteiger partial charge in [0.15, 0.2) is 20.0 Å². The van der Waals surface area contributed by atoms with E-state index in [4.69, 9.17) is 4.43 Å². The van der Waals surface area contributed by atoms with Gasteiger partial charge in [0.2, 0.25) is 0 Å². The molecule has 0 saturated heterocycles. The van der Waals surface area contributed by atoms with Gasteiger partial charge in [0.25, 0.3) is 0 Å². The Bertz CT molecular complexity index is 356. The zero-order chi connectivity index (χ0) is 12.9. The molecule has 0 aliphatic carbocycles. The summed E-state index contributed by atoms with van der Waals surface area (Å²) < 4.78 is 31.5. The van der Waals surface area contributed by atoms with Crippen molar-refractivity contribution in [3.05, 3.63) is 35.4 Å². The van der Waals surface area contributed by atoms with E-state index >= 15 is 0 Å². The van der Waals surface area contributed by atoms with Gasteiger partial charge in [0.05, 0.1) is 0 Å². The normalized spacial score (nSPS) is 11.8. The van der Waals surface area contributed by atoms with Crippen LogP contribution in [0.25, 0.3) is 0 Å². The standard InChI is InChI=1S/C13H20F2OSi/c1-4-17(5-2,16-3)9-8-11-6-7-12(14)13(15)10-11/h6-7,10H,4-5,8-9H2,1-3H3. The Morgan fingerprint density at radius 3 is 2.24 bits per heavy atom. The molecular formula is C13H20F2OSi. The minimum Gasteiger partial charge on any atom is -0.420 e. The van der Waals surface area contributed by atoms with Crippen molar-refractivity contribution in [2.45, 2.75) is 38.4 Å². The fraction of sp³-hybridized carbons (Fsp3) is 0.538. The van der Waals surface area contributed by atoms with Crippen LogP contribution in [0.4, 0.5) is 8.78 Å². The molecule has 0 aliphatic rings. The van der Waals surface area contributed by atoms with Crippen LogP contribution in [0.5, 0.6) is 0 Å². The van der Waals surface area contributed by atoms with Gasteiger partial charge in [-0.1, -0.05) is 19.9 Å². The number of benzene rings is 1. The smallest absolute Gasteiger partial charge is 0.192 e. The van der Waals surface area contributed by atoms with Crippen LogP contribution < -0.4 is 0 Å². The second-order valence-corrected chi connectivity index (χ2v) is 9.03. The second kappa shape index (κ2) is 6.26. The molecule has 4 heteroatoms. The Morgan fingerprint density at radius 1 is 1.12 bits per heavy atom. The lowest BCUT2D eigenvalue weighted by Crippen LogP contribution is -2.35. The van der Waals surface area contributed by atoms with Crippen LogP contribution in [0.1, 0.15) is 19.4 Å². The quantitative estimate of drug-likeness (QED) is 0.697. The third-order valence-corrected chi connectivity index (χ3v) is 8.18. The summed E-state index contributed by atoms with van der Waals surface area (Å²) in [5.41, 5.74) is 0.847. The lowest BCUT2D eigenvalue weighted by atomic mass is 10.2. The van der Waals surface area contributed by atoms with Gasteiger partial charge in [-0.15, -0.1) is 0 Å². The molecule has 0 unspecified atom stereocenters. The van der Waals surface area contributed by atoms with E-state index in [-0.39, 0.29) is 0 Å². The van der Waals surface area contributed by atoms with Crippen molar-refractivity contribution in [3.8, 4) is 0 Å². The van der Waals surface area contributed by atoms with E-state index in [0.717, 1.165) is 30.1 Å². The first-order valence-corrected chi connectivity index (χ1v) is 8.59. The van der Waals surface area contributed by atoms with Crippen LogP contribution in [0.3, 0.4) is 0 Å². The van der Waals surface area contributed by atoms with Gasteiger partial charge < -0.3 is 4.43 Å². The molecule has 17 heavy (non-hydrogen) atoms. The summed E-state index contributed by atoms with van der Waals surface area (Å²) in [4.78, 5) is 0. The van der Waals surface area contributed by atoms with Crippen LogP contribution in [0, 0.1) is 11.6 Å².